The molecule has 0 saturated carbocycles. The van der Waals surface area contributed by atoms with Crippen LogP contribution in [-0.4, -0.2) is 25.3 Å². The van der Waals surface area contributed by atoms with Crippen LogP contribution in [0.3, 0.4) is 0 Å². The van der Waals surface area contributed by atoms with E-state index in [9.17, 15) is 9.59 Å². The first-order valence-corrected chi connectivity index (χ1v) is 7.19. The molecule has 0 heterocycles. The summed E-state index contributed by atoms with van der Waals surface area (Å²) < 4.78 is 15.6. The van der Waals surface area contributed by atoms with Crippen LogP contribution in [0.5, 0.6) is 0 Å². The smallest absolute Gasteiger partial charge is 0.338 e. The Hall–Kier alpha value is -2.66. The summed E-state index contributed by atoms with van der Waals surface area (Å²) in [5.74, 6) is -0.860. The second kappa shape index (κ2) is 8.70. The summed E-state index contributed by atoms with van der Waals surface area (Å²) in [7, 11) is 0. The van der Waals surface area contributed by atoms with E-state index in [0.717, 1.165) is 5.56 Å². The molecule has 0 saturated heterocycles. The van der Waals surface area contributed by atoms with Gasteiger partial charge < -0.3 is 14.2 Å². The lowest BCUT2D eigenvalue weighted by molar-refractivity contribution is -0.160. The summed E-state index contributed by atoms with van der Waals surface area (Å²) in [4.78, 5) is 22.8. The van der Waals surface area contributed by atoms with Crippen molar-refractivity contribution in [3.63, 3.8) is 0 Å². The van der Waals surface area contributed by atoms with Crippen molar-refractivity contribution < 1.29 is 23.8 Å². The van der Waals surface area contributed by atoms with Crippen molar-refractivity contribution in [2.45, 2.75) is 13.0 Å². The lowest BCUT2D eigenvalue weighted by Crippen LogP contribution is -2.17. The second-order valence-electron chi connectivity index (χ2n) is 4.78. The molecule has 0 unspecified atom stereocenters. The maximum atomic E-state index is 12.0. The molecule has 120 valence electrons. The van der Waals surface area contributed by atoms with E-state index in [1.807, 2.05) is 36.4 Å². The fraction of sp³-hybridized carbons (Fsp3) is 0.222. The zero-order valence-corrected chi connectivity index (χ0v) is 12.8. The van der Waals surface area contributed by atoms with Crippen LogP contribution in [0, 0.1) is 0 Å². The van der Waals surface area contributed by atoms with Crippen molar-refractivity contribution in [3.8, 4) is 0 Å². The third kappa shape index (κ3) is 5.56. The molecule has 0 aromatic heterocycles. The number of ether oxygens (including phenoxy) is 3. The largest absolute Gasteiger partial charge is 0.459 e. The van der Waals surface area contributed by atoms with E-state index in [0.29, 0.717) is 5.56 Å². The van der Waals surface area contributed by atoms with Gasteiger partial charge in [0.05, 0.1) is 5.56 Å². The minimum absolute atomic E-state index is 0.0268. The molecule has 2 aromatic rings. The summed E-state index contributed by atoms with van der Waals surface area (Å²) in [6.45, 7) is 1.13. The Labute approximate surface area is 134 Å². The van der Waals surface area contributed by atoms with Crippen molar-refractivity contribution in [1.29, 1.82) is 0 Å². The van der Waals surface area contributed by atoms with E-state index in [2.05, 4.69) is 0 Å². The third-order valence-electron chi connectivity index (χ3n) is 3.08. The molecule has 0 bridgehead atoms. The fourth-order valence-corrected chi connectivity index (χ4v) is 1.92. The number of carbonyl (C=O) groups excluding carboxylic acids is 2. The topological polar surface area (TPSA) is 61.8 Å². The molecule has 0 spiro atoms. The maximum absolute atomic E-state index is 12.0. The molecule has 0 N–H and O–H groups in total. The molecule has 0 aliphatic rings. The third-order valence-corrected chi connectivity index (χ3v) is 3.08. The van der Waals surface area contributed by atoms with Crippen molar-refractivity contribution in [3.05, 3.63) is 71.8 Å². The highest BCUT2D eigenvalue weighted by Gasteiger charge is 2.16. The first-order chi connectivity index (χ1) is 11.2. The van der Waals surface area contributed by atoms with Crippen LogP contribution in [0.1, 0.15) is 28.9 Å². The number of hydrogen-bond donors (Lipinski definition) is 0. The van der Waals surface area contributed by atoms with Crippen molar-refractivity contribution >= 4 is 11.9 Å². The highest BCUT2D eigenvalue weighted by Crippen LogP contribution is 2.18. The molecule has 1 atom stereocenters. The van der Waals surface area contributed by atoms with Gasteiger partial charge in [0, 0.05) is 6.92 Å². The zero-order valence-electron chi connectivity index (χ0n) is 12.8. The van der Waals surface area contributed by atoms with Crippen LogP contribution in [0.4, 0.5) is 0 Å². The van der Waals surface area contributed by atoms with Gasteiger partial charge in [-0.2, -0.15) is 0 Å². The van der Waals surface area contributed by atoms with Gasteiger partial charge in [0.15, 0.2) is 6.79 Å². The summed E-state index contributed by atoms with van der Waals surface area (Å²) in [6.07, 6.45) is -0.511. The summed E-state index contributed by atoms with van der Waals surface area (Å²) in [5.41, 5.74) is 1.31. The molecule has 2 rings (SSSR count). The highest BCUT2D eigenvalue weighted by molar-refractivity contribution is 5.89. The Bertz CT molecular complexity index is 624. The molecule has 0 amide bonds. The minimum Gasteiger partial charge on any atom is -0.459 e. The Kier molecular flexibility index (Phi) is 6.32. The standard InChI is InChI=1S/C18H18O5/c1-14(19)22-13-23-17(15-8-4-2-5-9-15)12-21-18(20)16-10-6-3-7-11-16/h2-11,17H,12-13H2,1H3/t17-/m0/s1. The van der Waals surface area contributed by atoms with Crippen molar-refractivity contribution in [2.75, 3.05) is 13.4 Å². The van der Waals surface area contributed by atoms with E-state index >= 15 is 0 Å². The maximum Gasteiger partial charge on any atom is 0.338 e. The van der Waals surface area contributed by atoms with Crippen molar-refractivity contribution in [2.24, 2.45) is 0 Å². The van der Waals surface area contributed by atoms with Crippen molar-refractivity contribution in [1.82, 2.24) is 0 Å². The monoisotopic (exact) mass is 314 g/mol. The van der Waals surface area contributed by atoms with Crippen LogP contribution in [0.2, 0.25) is 0 Å². The molecular weight excluding hydrogens is 296 g/mol. The van der Waals surface area contributed by atoms with E-state index in [1.54, 1.807) is 24.3 Å². The minimum atomic E-state index is -0.511. The Balaban J connectivity index is 1.97. The number of hydrogen-bond acceptors (Lipinski definition) is 5. The SMILES string of the molecule is CC(=O)OCO[C@@H](COC(=O)c1ccccc1)c1ccccc1. The van der Waals surface area contributed by atoms with Crippen LogP contribution < -0.4 is 0 Å². The van der Waals surface area contributed by atoms with E-state index in [1.165, 1.54) is 6.92 Å². The molecule has 23 heavy (non-hydrogen) atoms. The quantitative estimate of drug-likeness (QED) is 0.580. The normalized spacial score (nSPS) is 11.5. The van der Waals surface area contributed by atoms with Gasteiger partial charge in [-0.3, -0.25) is 4.79 Å². The molecule has 0 aliphatic heterocycles. The zero-order chi connectivity index (χ0) is 16.5. The van der Waals surface area contributed by atoms with E-state index in [4.69, 9.17) is 14.2 Å². The summed E-state index contributed by atoms with van der Waals surface area (Å²) >= 11 is 0. The predicted molar refractivity (Wildman–Crippen MR) is 83.6 cm³/mol. The molecule has 0 fully saturated rings. The van der Waals surface area contributed by atoms with E-state index in [-0.39, 0.29) is 13.4 Å². The van der Waals surface area contributed by atoms with Crippen LogP contribution >= 0.6 is 0 Å². The van der Waals surface area contributed by atoms with Crippen LogP contribution in [0.25, 0.3) is 0 Å². The van der Waals surface area contributed by atoms with Gasteiger partial charge in [0.25, 0.3) is 0 Å². The molecule has 5 heteroatoms. The fourth-order valence-electron chi connectivity index (χ4n) is 1.92. The second-order valence-corrected chi connectivity index (χ2v) is 4.78. The average molecular weight is 314 g/mol. The number of rotatable bonds is 7. The van der Waals surface area contributed by atoms with Crippen LogP contribution in [0.15, 0.2) is 60.7 Å². The summed E-state index contributed by atoms with van der Waals surface area (Å²) in [5, 5.41) is 0. The highest BCUT2D eigenvalue weighted by atomic mass is 16.7. The van der Waals surface area contributed by atoms with Gasteiger partial charge in [-0.05, 0) is 17.7 Å². The number of benzene rings is 2. The number of esters is 2. The molecule has 0 radical (unpaired) electrons. The van der Waals surface area contributed by atoms with Crippen LogP contribution in [-0.2, 0) is 19.0 Å². The first-order valence-electron chi connectivity index (χ1n) is 7.19. The molecule has 2 aromatic carbocycles. The Morgan fingerprint density at radius 2 is 1.52 bits per heavy atom. The first kappa shape index (κ1) is 16.7. The van der Waals surface area contributed by atoms with Gasteiger partial charge >= 0.3 is 11.9 Å². The average Bonchev–Trinajstić information content (AvgIpc) is 2.59. The van der Waals surface area contributed by atoms with Gasteiger partial charge in [-0.25, -0.2) is 4.79 Å². The Morgan fingerprint density at radius 3 is 2.13 bits per heavy atom. The number of carbonyl (C=O) groups is 2. The summed E-state index contributed by atoms with van der Waals surface area (Å²) in [6, 6.07) is 18.0. The van der Waals surface area contributed by atoms with E-state index < -0.39 is 18.0 Å². The molecule has 0 aliphatic carbocycles. The predicted octanol–water partition coefficient (Wildman–Crippen LogP) is 3.12. The van der Waals surface area contributed by atoms with Gasteiger partial charge in [0.1, 0.15) is 12.7 Å². The van der Waals surface area contributed by atoms with Gasteiger partial charge in [-0.1, -0.05) is 48.5 Å². The Morgan fingerprint density at radius 1 is 0.913 bits per heavy atom. The van der Waals surface area contributed by atoms with Gasteiger partial charge in [0.2, 0.25) is 0 Å². The molecule has 5 nitrogen and oxygen atoms in total. The molecular formula is C18H18O5. The lowest BCUT2D eigenvalue weighted by atomic mass is 10.1. The lowest BCUT2D eigenvalue weighted by Gasteiger charge is -2.18. The van der Waals surface area contributed by atoms with Gasteiger partial charge in [-0.15, -0.1) is 0 Å².